The predicted molar refractivity (Wildman–Crippen MR) is 292 cm³/mol. The number of nitrogens with one attached hydrogen (secondary N) is 5. The van der Waals surface area contributed by atoms with Crippen LogP contribution in [0.4, 0.5) is 57.7 Å². The molecule has 89 heavy (non-hydrogen) atoms. The summed E-state index contributed by atoms with van der Waals surface area (Å²) in [4.78, 5) is 46.8. The Morgan fingerprint density at radius 2 is 1.12 bits per heavy atom. The topological polar surface area (TPSA) is 481 Å². The first-order valence-electron chi connectivity index (χ1n) is 23.3. The number of hydrazone groups is 2. The van der Waals surface area contributed by atoms with Gasteiger partial charge in [-0.05, 0) is 121 Å². The molecule has 7 aromatic rings. The number of carbonyl (C=O) groups excluding carboxylic acids is 2. The van der Waals surface area contributed by atoms with Crippen molar-refractivity contribution in [2.75, 3.05) is 33.9 Å². The Hall–Kier alpha value is -5.20. The van der Waals surface area contributed by atoms with Gasteiger partial charge in [-0.1, -0.05) is 30.0 Å². The molecule has 1 aromatic heterocycles. The van der Waals surface area contributed by atoms with Crippen molar-refractivity contribution in [1.82, 2.24) is 15.0 Å². The standard InChI is InChI=1S/C50H38N12O18S4.5Na/c1-24-14-36(41(80-2)23-35(24)59-61-38-21-32(82(71,72)73)15-25-16-33(83(74,75)76)22-40(64)43(25)38)60-62-45-42(84(77,78)79)18-26-17-31(81(68,69)70)20-37(44(26)46(45)65)53-50-55-48(51-27-6-4-3-5-7-27)54-49(56-50)52-28-8-10-29(11-9-28)57-58-30-12-13-39(63)34(19-30)47(66)67;;;;;/h3-23,57,60,64H,1-2H3,(H,66,67)(H,68,69,70)(H,71,72,73)(H,74,75,76)(H,77,78,79)(H3,51,52,53,54,55,56);;;;;/q;5*+1/p-5/b58-30-,61-59?,62-45+;;;;;. The number of ketones is 2. The molecule has 6 aromatic carbocycles. The van der Waals surface area contributed by atoms with Gasteiger partial charge in [-0.25, -0.2) is 38.5 Å². The molecule has 0 spiro atoms. The molecule has 39 heteroatoms. The van der Waals surface area contributed by atoms with Crippen molar-refractivity contribution < 1.29 is 229 Å². The maximum absolute atomic E-state index is 14.7. The van der Waals surface area contributed by atoms with Gasteiger partial charge in [0.05, 0.1) is 66.4 Å². The zero-order chi connectivity index (χ0) is 60.6. The molecule has 0 bridgehead atoms. The molecular weight excluding hydrogens is 1300 g/mol. The number of nitrogens with zero attached hydrogens (tertiary/aromatic N) is 7. The monoisotopic (exact) mass is 1330 g/mol. The van der Waals surface area contributed by atoms with Crippen LogP contribution in [0.25, 0.3) is 16.8 Å². The van der Waals surface area contributed by atoms with E-state index in [0.717, 1.165) is 25.3 Å². The van der Waals surface area contributed by atoms with Gasteiger partial charge >= 0.3 is 154 Å². The van der Waals surface area contributed by atoms with Crippen molar-refractivity contribution >= 4 is 144 Å². The van der Waals surface area contributed by atoms with Gasteiger partial charge in [0.15, 0.2) is 5.78 Å². The van der Waals surface area contributed by atoms with Gasteiger partial charge in [0, 0.05) is 22.8 Å². The first-order valence-corrected chi connectivity index (χ1v) is 28.9. The zero-order valence-electron chi connectivity index (χ0n) is 47.3. The smallest absolute Gasteiger partial charge is 0.872 e. The maximum atomic E-state index is 14.7. The van der Waals surface area contributed by atoms with Crippen LogP contribution in [0.3, 0.4) is 0 Å². The van der Waals surface area contributed by atoms with E-state index in [9.17, 15) is 76.5 Å². The Morgan fingerprint density at radius 1 is 0.584 bits per heavy atom. The molecule has 0 saturated carbocycles. The van der Waals surface area contributed by atoms with Crippen LogP contribution in [0.5, 0.6) is 11.5 Å². The van der Waals surface area contributed by atoms with Crippen LogP contribution in [0.1, 0.15) is 21.5 Å². The summed E-state index contributed by atoms with van der Waals surface area (Å²) in [6.07, 6.45) is 4.08. The molecule has 0 radical (unpaired) electrons. The molecule has 430 valence electrons. The second kappa shape index (κ2) is 30.9. The third-order valence-corrected chi connectivity index (χ3v) is 15.1. The number of carboxylic acid groups (broad SMARTS) is 1. The van der Waals surface area contributed by atoms with E-state index < -0.39 is 134 Å². The molecule has 1 heterocycles. The van der Waals surface area contributed by atoms with Crippen molar-refractivity contribution in [3.05, 3.63) is 149 Å². The van der Waals surface area contributed by atoms with Crippen molar-refractivity contribution in [3.8, 4) is 11.5 Å². The molecule has 0 unspecified atom stereocenters. The number of azo groups is 1. The normalized spacial score (nSPS) is 13.9. The van der Waals surface area contributed by atoms with Gasteiger partial charge in [0.25, 0.3) is 0 Å². The van der Waals surface area contributed by atoms with Gasteiger partial charge in [0.2, 0.25) is 23.6 Å². The predicted octanol–water partition coefficient (Wildman–Crippen LogP) is -9.74. The number of para-hydroxylation sites is 1. The number of hydrogen-bond donors (Lipinski definition) is 6. The van der Waals surface area contributed by atoms with Crippen molar-refractivity contribution in [2.24, 2.45) is 20.4 Å². The Morgan fingerprint density at radius 3 is 1.69 bits per heavy atom. The number of hydrogen-bond acceptors (Lipinski definition) is 29. The summed E-state index contributed by atoms with van der Waals surface area (Å²) in [5.41, 5.74) is 2.82. The minimum absolute atomic E-state index is 0. The van der Waals surface area contributed by atoms with Crippen LogP contribution in [0.2, 0.25) is 0 Å². The Bertz CT molecular complexity index is 4670. The fraction of sp³-hybridized carbons (Fsp3) is 0.0400. The van der Waals surface area contributed by atoms with E-state index in [1.54, 1.807) is 54.6 Å². The van der Waals surface area contributed by atoms with E-state index in [0.29, 0.717) is 53.5 Å². The molecule has 0 amide bonds. The summed E-state index contributed by atoms with van der Waals surface area (Å²) >= 11 is 0. The fourth-order valence-electron chi connectivity index (χ4n) is 7.97. The number of benzene rings is 6. The van der Waals surface area contributed by atoms with Crippen molar-refractivity contribution in [1.29, 1.82) is 0 Å². The molecular formula is C50H33N12Na5O18S4. The summed E-state index contributed by atoms with van der Waals surface area (Å²) in [6.45, 7) is 1.43. The SMILES string of the molecule is COc1cc(N=Nc2cc(S(=O)(=O)[O-])cc3cc(S(=O)(=O)[O-])cc([O-])c23)c(C)cc1N/N=C1/C(=O)c2c(cc(S(=O)(=O)[O-])cc2Nc2nc(Nc3ccccc3)nc(Nc3ccc(N/N=C4/C=CC(=O)C(C(=O)O)=C4)cc3)n2)C=C1S(=O)(=O)[O-].[Na+].[Na+].[Na+].[Na+].[Na+]. The van der Waals surface area contributed by atoms with E-state index in [-0.39, 0.29) is 188 Å². The number of ether oxygens (including phenoxy) is 1. The third kappa shape index (κ3) is 18.5. The summed E-state index contributed by atoms with van der Waals surface area (Å²) in [5.74, 6) is -5.49. The second-order valence-corrected chi connectivity index (χ2v) is 23.0. The van der Waals surface area contributed by atoms with Crippen molar-refractivity contribution in [2.45, 2.75) is 21.6 Å². The first kappa shape index (κ1) is 76.3. The Labute approximate surface area is 615 Å². The van der Waals surface area contributed by atoms with Gasteiger partial charge in [-0.2, -0.15) is 30.3 Å². The minimum Gasteiger partial charge on any atom is -0.872 e. The van der Waals surface area contributed by atoms with Crippen LogP contribution in [-0.4, -0.2) is 108 Å². The number of Topliss-reactive ketones (excluding diaryl/α,β-unsaturated/α-hetero) is 1. The van der Waals surface area contributed by atoms with Gasteiger partial charge < -0.3 is 49.1 Å². The first-order chi connectivity index (χ1) is 39.5. The number of anilines is 8. The third-order valence-electron chi connectivity index (χ3n) is 11.8. The minimum atomic E-state index is -5.68. The van der Waals surface area contributed by atoms with Gasteiger partial charge in [0.1, 0.15) is 57.5 Å². The number of aliphatic carboxylic acids is 1. The van der Waals surface area contributed by atoms with Crippen LogP contribution >= 0.6 is 0 Å². The number of carboxylic acids is 1. The number of aromatic nitrogens is 3. The number of aryl methyl sites for hydroxylation is 1. The Kier molecular flexibility index (Phi) is 26.5. The molecule has 2 aliphatic rings. The van der Waals surface area contributed by atoms with Crippen LogP contribution in [0.15, 0.2) is 167 Å². The average molecular weight is 1330 g/mol. The summed E-state index contributed by atoms with van der Waals surface area (Å²) in [7, 11) is -20.4. The number of methoxy groups -OCH3 is 1. The summed E-state index contributed by atoms with van der Waals surface area (Å²) in [6, 6.07) is 21.0. The molecule has 9 rings (SSSR count). The van der Waals surface area contributed by atoms with Gasteiger partial charge in [-0.15, -0.1) is 5.11 Å². The second-order valence-electron chi connectivity index (χ2n) is 17.5. The molecule has 0 atom stereocenters. The van der Waals surface area contributed by atoms with Crippen LogP contribution < -0.4 is 184 Å². The van der Waals surface area contributed by atoms with Gasteiger partial charge in [-0.3, -0.25) is 20.4 Å². The average Bonchev–Trinajstić information content (AvgIpc) is 0.995. The van der Waals surface area contributed by atoms with Crippen LogP contribution in [0, 0.1) is 6.92 Å². The van der Waals surface area contributed by atoms with Crippen LogP contribution in [-0.2, 0) is 50.1 Å². The Balaban J connectivity index is 0.00000339. The zero-order valence-corrected chi connectivity index (χ0v) is 60.5. The van der Waals surface area contributed by atoms with E-state index in [2.05, 4.69) is 62.2 Å². The molecule has 2 aliphatic carbocycles. The van der Waals surface area contributed by atoms with E-state index in [1.165, 1.54) is 25.1 Å². The molecule has 30 nitrogen and oxygen atoms in total. The molecule has 6 N–H and O–H groups in total. The quantitative estimate of drug-likeness (QED) is 0.0116. The number of allylic oxidation sites excluding steroid dienone is 4. The fourth-order valence-corrected chi connectivity index (χ4v) is 10.2. The number of fused-ring (bicyclic) bond motifs is 2. The molecule has 0 fully saturated rings. The summed E-state index contributed by atoms with van der Waals surface area (Å²) < 4.78 is 153. The van der Waals surface area contributed by atoms with E-state index >= 15 is 0 Å². The molecule has 0 aliphatic heterocycles. The molecule has 0 saturated heterocycles. The van der Waals surface area contributed by atoms with E-state index in [4.69, 9.17) is 4.74 Å². The maximum Gasteiger partial charge on any atom is 1.00 e. The number of carbonyl (C=O) groups is 3. The largest absolute Gasteiger partial charge is 1.00 e. The number of rotatable bonds is 18. The van der Waals surface area contributed by atoms with Crippen molar-refractivity contribution in [3.63, 3.8) is 0 Å². The summed E-state index contributed by atoms with van der Waals surface area (Å²) in [5, 5.41) is 46.2. The van der Waals surface area contributed by atoms with E-state index in [1.807, 2.05) is 0 Å².